The van der Waals surface area contributed by atoms with Crippen LogP contribution in [-0.4, -0.2) is 21.4 Å². The fraction of sp³-hybridized carbons (Fsp3) is 0.263. The number of hydrazine groups is 1. The van der Waals surface area contributed by atoms with Gasteiger partial charge in [0.15, 0.2) is 0 Å². The van der Waals surface area contributed by atoms with Crippen molar-refractivity contribution in [2.24, 2.45) is 0 Å². The van der Waals surface area contributed by atoms with E-state index in [4.69, 9.17) is 11.6 Å². The standard InChI is InChI=1S/C19H19ClN4O3S/c1-11-12(2)28-18-17(11)19(27)24(10-21-18)8-7-15(25)22-23-16(26)9-13-3-5-14(20)6-4-13/h3-6,10H,7-9H2,1-2H3,(H,22,25)(H,23,26). The van der Waals surface area contributed by atoms with E-state index in [-0.39, 0.29) is 30.9 Å². The summed E-state index contributed by atoms with van der Waals surface area (Å²) < 4.78 is 1.41. The van der Waals surface area contributed by atoms with Crippen molar-refractivity contribution in [2.75, 3.05) is 0 Å². The highest BCUT2D eigenvalue weighted by Gasteiger charge is 2.13. The molecule has 9 heteroatoms. The minimum Gasteiger partial charge on any atom is -0.298 e. The molecule has 0 bridgehead atoms. The maximum atomic E-state index is 12.6. The van der Waals surface area contributed by atoms with Gasteiger partial charge in [-0.15, -0.1) is 11.3 Å². The van der Waals surface area contributed by atoms with Gasteiger partial charge in [0, 0.05) is 22.9 Å². The largest absolute Gasteiger partial charge is 0.298 e. The zero-order chi connectivity index (χ0) is 20.3. The van der Waals surface area contributed by atoms with Gasteiger partial charge in [0.1, 0.15) is 4.83 Å². The lowest BCUT2D eigenvalue weighted by Gasteiger charge is -2.09. The number of rotatable bonds is 5. The molecule has 0 aliphatic carbocycles. The third-order valence-corrected chi connectivity index (χ3v) is 5.72. The minimum absolute atomic E-state index is 0.0382. The van der Waals surface area contributed by atoms with E-state index in [1.54, 1.807) is 24.3 Å². The molecule has 0 saturated heterocycles. The Morgan fingerprint density at radius 1 is 1.14 bits per heavy atom. The van der Waals surface area contributed by atoms with Crippen molar-refractivity contribution in [1.29, 1.82) is 0 Å². The molecule has 7 nitrogen and oxygen atoms in total. The number of halogens is 1. The van der Waals surface area contributed by atoms with Crippen LogP contribution in [0.15, 0.2) is 35.4 Å². The Morgan fingerprint density at radius 2 is 1.82 bits per heavy atom. The molecule has 1 aromatic carbocycles. The molecule has 0 aliphatic rings. The van der Waals surface area contributed by atoms with Gasteiger partial charge >= 0.3 is 0 Å². The van der Waals surface area contributed by atoms with Gasteiger partial charge in [-0.2, -0.15) is 0 Å². The van der Waals surface area contributed by atoms with E-state index in [0.29, 0.717) is 15.2 Å². The number of hydrogen-bond donors (Lipinski definition) is 2. The molecule has 0 spiro atoms. The molecule has 2 heterocycles. The number of thiophene rings is 1. The third-order valence-electron chi connectivity index (χ3n) is 4.35. The molecule has 2 amide bonds. The number of nitrogens with one attached hydrogen (secondary N) is 2. The van der Waals surface area contributed by atoms with Gasteiger partial charge in [0.2, 0.25) is 11.8 Å². The highest BCUT2D eigenvalue weighted by Crippen LogP contribution is 2.25. The number of benzene rings is 1. The Kier molecular flexibility index (Phi) is 6.11. The summed E-state index contributed by atoms with van der Waals surface area (Å²) >= 11 is 7.28. The zero-order valence-electron chi connectivity index (χ0n) is 15.4. The van der Waals surface area contributed by atoms with E-state index in [2.05, 4.69) is 15.8 Å². The van der Waals surface area contributed by atoms with Gasteiger partial charge in [0.25, 0.3) is 5.56 Å². The molecule has 0 unspecified atom stereocenters. The zero-order valence-corrected chi connectivity index (χ0v) is 17.0. The molecular weight excluding hydrogens is 400 g/mol. The van der Waals surface area contributed by atoms with Gasteiger partial charge < -0.3 is 0 Å². The Bertz CT molecular complexity index is 1090. The van der Waals surface area contributed by atoms with Crippen LogP contribution in [0.3, 0.4) is 0 Å². The monoisotopic (exact) mass is 418 g/mol. The van der Waals surface area contributed by atoms with Crippen molar-refractivity contribution in [3.05, 3.63) is 62.0 Å². The van der Waals surface area contributed by atoms with Crippen LogP contribution in [0.2, 0.25) is 5.02 Å². The summed E-state index contributed by atoms with van der Waals surface area (Å²) in [5, 5.41) is 1.19. The first-order valence-electron chi connectivity index (χ1n) is 8.62. The number of hydrogen-bond acceptors (Lipinski definition) is 5. The van der Waals surface area contributed by atoms with Crippen molar-refractivity contribution >= 4 is 45.0 Å². The Morgan fingerprint density at radius 3 is 2.54 bits per heavy atom. The smallest absolute Gasteiger partial charge is 0.262 e. The normalized spacial score (nSPS) is 10.8. The van der Waals surface area contributed by atoms with E-state index in [9.17, 15) is 14.4 Å². The average molecular weight is 419 g/mol. The third kappa shape index (κ3) is 4.58. The van der Waals surface area contributed by atoms with Crippen LogP contribution in [-0.2, 0) is 22.6 Å². The van der Waals surface area contributed by atoms with Gasteiger partial charge in [-0.1, -0.05) is 23.7 Å². The van der Waals surface area contributed by atoms with Gasteiger partial charge in [-0.25, -0.2) is 4.98 Å². The molecule has 28 heavy (non-hydrogen) atoms. The number of fused-ring (bicyclic) bond motifs is 1. The summed E-state index contributed by atoms with van der Waals surface area (Å²) in [7, 11) is 0. The maximum absolute atomic E-state index is 12.6. The molecule has 3 rings (SSSR count). The first-order chi connectivity index (χ1) is 13.3. The maximum Gasteiger partial charge on any atom is 0.262 e. The van der Waals surface area contributed by atoms with E-state index in [1.165, 1.54) is 22.2 Å². The van der Waals surface area contributed by atoms with E-state index >= 15 is 0 Å². The van der Waals surface area contributed by atoms with E-state index < -0.39 is 5.91 Å². The second-order valence-electron chi connectivity index (χ2n) is 6.36. The predicted molar refractivity (Wildman–Crippen MR) is 109 cm³/mol. The molecule has 146 valence electrons. The molecule has 2 aromatic heterocycles. The lowest BCUT2D eigenvalue weighted by molar-refractivity contribution is -0.128. The van der Waals surface area contributed by atoms with Crippen molar-refractivity contribution in [2.45, 2.75) is 33.2 Å². The molecule has 3 aromatic rings. The molecular formula is C19H19ClN4O3S. The van der Waals surface area contributed by atoms with Crippen LogP contribution >= 0.6 is 22.9 Å². The first-order valence-corrected chi connectivity index (χ1v) is 9.82. The lowest BCUT2D eigenvalue weighted by Crippen LogP contribution is -2.42. The van der Waals surface area contributed by atoms with Crippen LogP contribution in [0.4, 0.5) is 0 Å². The summed E-state index contributed by atoms with van der Waals surface area (Å²) in [6.45, 7) is 4.02. The van der Waals surface area contributed by atoms with Gasteiger partial charge in [-0.3, -0.25) is 29.8 Å². The molecule has 0 radical (unpaired) electrons. The minimum atomic E-state index is -0.394. The summed E-state index contributed by atoms with van der Waals surface area (Å²) in [5.41, 5.74) is 6.27. The fourth-order valence-corrected chi connectivity index (χ4v) is 3.80. The van der Waals surface area contributed by atoms with Gasteiger partial charge in [0.05, 0.1) is 18.1 Å². The summed E-state index contributed by atoms with van der Waals surface area (Å²) in [4.78, 5) is 42.5. The summed E-state index contributed by atoms with van der Waals surface area (Å²) in [5.74, 6) is -0.741. The molecule has 0 fully saturated rings. The van der Waals surface area contributed by atoms with Crippen molar-refractivity contribution < 1.29 is 9.59 Å². The number of aryl methyl sites for hydroxylation is 3. The summed E-state index contributed by atoms with van der Waals surface area (Å²) in [6.07, 6.45) is 1.61. The second-order valence-corrected chi connectivity index (χ2v) is 8.00. The topological polar surface area (TPSA) is 93.1 Å². The molecule has 0 aliphatic heterocycles. The molecule has 2 N–H and O–H groups in total. The van der Waals surface area contributed by atoms with Crippen molar-refractivity contribution in [1.82, 2.24) is 20.4 Å². The predicted octanol–water partition coefficient (Wildman–Crippen LogP) is 2.51. The Balaban J connectivity index is 1.53. The Labute approximate surface area is 170 Å². The van der Waals surface area contributed by atoms with Crippen LogP contribution in [0.25, 0.3) is 10.2 Å². The fourth-order valence-electron chi connectivity index (χ4n) is 2.69. The summed E-state index contributed by atoms with van der Waals surface area (Å²) in [6, 6.07) is 6.88. The van der Waals surface area contributed by atoms with Crippen molar-refractivity contribution in [3.8, 4) is 0 Å². The lowest BCUT2D eigenvalue weighted by atomic mass is 10.1. The van der Waals surface area contributed by atoms with Crippen LogP contribution in [0, 0.1) is 13.8 Å². The van der Waals surface area contributed by atoms with Crippen LogP contribution in [0.5, 0.6) is 0 Å². The second kappa shape index (κ2) is 8.53. The van der Waals surface area contributed by atoms with E-state index in [0.717, 1.165) is 16.0 Å². The highest BCUT2D eigenvalue weighted by molar-refractivity contribution is 7.18. The number of nitrogens with zero attached hydrogens (tertiary/aromatic N) is 2. The SMILES string of the molecule is Cc1sc2ncn(CCC(=O)NNC(=O)Cc3ccc(Cl)cc3)c(=O)c2c1C. The highest BCUT2D eigenvalue weighted by atomic mass is 35.5. The van der Waals surface area contributed by atoms with Gasteiger partial charge in [-0.05, 0) is 37.1 Å². The number of carbonyl (C=O) groups is 2. The van der Waals surface area contributed by atoms with E-state index in [1.807, 2.05) is 13.8 Å². The molecule has 0 atom stereocenters. The van der Waals surface area contributed by atoms with Crippen LogP contribution in [0.1, 0.15) is 22.4 Å². The quantitative estimate of drug-likeness (QED) is 0.622. The average Bonchev–Trinajstić information content (AvgIpc) is 2.96. The number of aromatic nitrogens is 2. The first kappa shape index (κ1) is 20.0. The van der Waals surface area contributed by atoms with Crippen molar-refractivity contribution in [3.63, 3.8) is 0 Å². The molecule has 0 saturated carbocycles. The number of amides is 2. The number of carbonyl (C=O) groups excluding carboxylic acids is 2. The Hall–Kier alpha value is -2.71. The van der Waals surface area contributed by atoms with Crippen LogP contribution < -0.4 is 16.4 Å².